The van der Waals surface area contributed by atoms with Crippen LogP contribution in [-0.2, 0) is 17.9 Å². The van der Waals surface area contributed by atoms with Gasteiger partial charge in [-0.1, -0.05) is 53.7 Å². The zero-order valence-corrected chi connectivity index (χ0v) is 16.2. The first-order valence-corrected chi connectivity index (χ1v) is 9.31. The first kappa shape index (κ1) is 17.5. The van der Waals surface area contributed by atoms with Crippen LogP contribution < -0.4 is 5.32 Å². The van der Waals surface area contributed by atoms with Crippen LogP contribution in [0.2, 0.25) is 0 Å². The number of halogens is 1. The summed E-state index contributed by atoms with van der Waals surface area (Å²) in [6.45, 7) is 2.40. The van der Waals surface area contributed by atoms with E-state index in [1.54, 1.807) is 0 Å². The molecule has 0 aliphatic heterocycles. The molecule has 0 bridgehead atoms. The number of nitrogens with zero attached hydrogens (tertiary/aromatic N) is 3. The van der Waals surface area contributed by atoms with Crippen LogP contribution in [0.4, 0.5) is 0 Å². The number of benzene rings is 2. The van der Waals surface area contributed by atoms with Crippen LogP contribution in [0, 0.1) is 6.92 Å². The highest BCUT2D eigenvalue weighted by Gasteiger charge is 2.15. The van der Waals surface area contributed by atoms with Gasteiger partial charge in [-0.15, -0.1) is 0 Å². The average molecular weight is 425 g/mol. The molecule has 0 saturated heterocycles. The molecule has 0 fully saturated rings. The Morgan fingerprint density at radius 2 is 1.89 bits per heavy atom. The Labute approximate surface area is 164 Å². The topological polar surface area (TPSA) is 73.0 Å². The van der Waals surface area contributed by atoms with Crippen molar-refractivity contribution in [1.29, 1.82) is 0 Å². The van der Waals surface area contributed by atoms with Crippen molar-refractivity contribution in [2.45, 2.75) is 20.0 Å². The van der Waals surface area contributed by atoms with Gasteiger partial charge in [0.2, 0.25) is 17.6 Å². The van der Waals surface area contributed by atoms with Crippen LogP contribution in [0.1, 0.15) is 11.6 Å². The van der Waals surface area contributed by atoms with Crippen molar-refractivity contribution in [2.75, 3.05) is 0 Å². The van der Waals surface area contributed by atoms with Gasteiger partial charge in [0.1, 0.15) is 6.54 Å². The number of amides is 1. The molecular formula is C20H17BrN4O2. The van der Waals surface area contributed by atoms with Gasteiger partial charge < -0.3 is 14.4 Å². The predicted molar refractivity (Wildman–Crippen MR) is 106 cm³/mol. The highest BCUT2D eigenvalue weighted by molar-refractivity contribution is 9.10. The Kier molecular flexibility index (Phi) is 4.77. The minimum Gasteiger partial charge on any atom is -0.345 e. The first-order chi connectivity index (χ1) is 13.1. The van der Waals surface area contributed by atoms with Gasteiger partial charge in [0.15, 0.2) is 0 Å². The SMILES string of the molecule is Cc1c(Br)c2ccccc2n1CC(=O)NCc1nc(-c2ccccc2)no1. The standard InChI is InChI=1S/C20H17BrN4O2/c1-13-19(21)15-9-5-6-10-16(15)25(13)12-17(26)22-11-18-23-20(24-27-18)14-7-3-2-4-8-14/h2-10H,11-12H2,1H3,(H,22,26). The summed E-state index contributed by atoms with van der Waals surface area (Å²) < 4.78 is 8.22. The van der Waals surface area contributed by atoms with Gasteiger partial charge in [0.05, 0.1) is 6.54 Å². The molecule has 2 aromatic carbocycles. The summed E-state index contributed by atoms with van der Waals surface area (Å²) in [6, 6.07) is 17.5. The molecule has 0 radical (unpaired) electrons. The van der Waals surface area contributed by atoms with Crippen LogP contribution in [0.25, 0.3) is 22.3 Å². The molecule has 2 aromatic heterocycles. The van der Waals surface area contributed by atoms with Crippen molar-refractivity contribution in [3.63, 3.8) is 0 Å². The zero-order valence-electron chi connectivity index (χ0n) is 14.6. The smallest absolute Gasteiger partial charge is 0.246 e. The lowest BCUT2D eigenvalue weighted by Crippen LogP contribution is -2.27. The summed E-state index contributed by atoms with van der Waals surface area (Å²) in [6.07, 6.45) is 0. The predicted octanol–water partition coefficient (Wildman–Crippen LogP) is 4.08. The molecule has 136 valence electrons. The van der Waals surface area contributed by atoms with Gasteiger partial charge in [-0.2, -0.15) is 4.98 Å². The first-order valence-electron chi connectivity index (χ1n) is 8.51. The number of rotatable bonds is 5. The second kappa shape index (κ2) is 7.36. The van der Waals surface area contributed by atoms with Crippen molar-refractivity contribution < 1.29 is 9.32 Å². The summed E-state index contributed by atoms with van der Waals surface area (Å²) in [7, 11) is 0. The minimum absolute atomic E-state index is 0.120. The fourth-order valence-corrected chi connectivity index (χ4v) is 3.55. The fourth-order valence-electron chi connectivity index (χ4n) is 3.00. The largest absolute Gasteiger partial charge is 0.345 e. The number of hydrogen-bond donors (Lipinski definition) is 1. The number of fused-ring (bicyclic) bond motifs is 1. The minimum atomic E-state index is -0.120. The molecule has 6 nitrogen and oxygen atoms in total. The molecule has 1 amide bonds. The van der Waals surface area contributed by atoms with Gasteiger partial charge in [0.25, 0.3) is 0 Å². The van der Waals surface area contributed by atoms with Gasteiger partial charge in [-0.3, -0.25) is 4.79 Å². The van der Waals surface area contributed by atoms with Crippen molar-refractivity contribution in [2.24, 2.45) is 0 Å². The molecule has 2 heterocycles. The van der Waals surface area contributed by atoms with Crippen LogP contribution in [-0.4, -0.2) is 20.6 Å². The summed E-state index contributed by atoms with van der Waals surface area (Å²) >= 11 is 3.61. The second-order valence-corrected chi connectivity index (χ2v) is 6.95. The van der Waals surface area contributed by atoms with E-state index in [2.05, 4.69) is 31.4 Å². The van der Waals surface area contributed by atoms with Crippen molar-refractivity contribution >= 4 is 32.7 Å². The van der Waals surface area contributed by atoms with Crippen LogP contribution in [0.15, 0.2) is 63.6 Å². The van der Waals surface area contributed by atoms with E-state index in [0.717, 1.165) is 26.6 Å². The van der Waals surface area contributed by atoms with E-state index in [1.165, 1.54) is 0 Å². The molecule has 1 N–H and O–H groups in total. The highest BCUT2D eigenvalue weighted by atomic mass is 79.9. The lowest BCUT2D eigenvalue weighted by molar-refractivity contribution is -0.121. The number of para-hydroxylation sites is 1. The molecular weight excluding hydrogens is 408 g/mol. The summed E-state index contributed by atoms with van der Waals surface area (Å²) in [5.41, 5.74) is 2.90. The summed E-state index contributed by atoms with van der Waals surface area (Å²) in [5, 5.41) is 7.89. The van der Waals surface area contributed by atoms with Crippen LogP contribution >= 0.6 is 15.9 Å². The number of carbonyl (C=O) groups excluding carboxylic acids is 1. The second-order valence-electron chi connectivity index (χ2n) is 6.16. The lowest BCUT2D eigenvalue weighted by atomic mass is 10.2. The molecule has 0 aliphatic rings. The summed E-state index contributed by atoms with van der Waals surface area (Å²) in [5.74, 6) is 0.763. The van der Waals surface area contributed by atoms with Crippen molar-refractivity contribution in [1.82, 2.24) is 20.0 Å². The maximum atomic E-state index is 12.4. The van der Waals surface area contributed by atoms with Gasteiger partial charge in [-0.25, -0.2) is 0 Å². The molecule has 0 atom stereocenters. The molecule has 4 rings (SSSR count). The maximum absolute atomic E-state index is 12.4. The van der Waals surface area contributed by atoms with Gasteiger partial charge in [0, 0.05) is 26.6 Å². The Hall–Kier alpha value is -2.93. The number of nitrogens with one attached hydrogen (secondary N) is 1. The molecule has 27 heavy (non-hydrogen) atoms. The Morgan fingerprint density at radius 1 is 1.15 bits per heavy atom. The van der Waals surface area contributed by atoms with E-state index in [4.69, 9.17) is 4.52 Å². The summed E-state index contributed by atoms with van der Waals surface area (Å²) in [4.78, 5) is 16.8. The van der Waals surface area contributed by atoms with Gasteiger partial charge in [-0.05, 0) is 28.9 Å². The Balaban J connectivity index is 1.44. The monoisotopic (exact) mass is 424 g/mol. The molecule has 0 aliphatic carbocycles. The van der Waals surface area contributed by atoms with E-state index >= 15 is 0 Å². The normalized spacial score (nSPS) is 11.0. The molecule has 4 aromatic rings. The van der Waals surface area contributed by atoms with Crippen molar-refractivity contribution in [3.05, 3.63) is 70.7 Å². The zero-order chi connectivity index (χ0) is 18.8. The highest BCUT2D eigenvalue weighted by Crippen LogP contribution is 2.30. The number of hydrogen-bond acceptors (Lipinski definition) is 4. The molecule has 0 unspecified atom stereocenters. The maximum Gasteiger partial charge on any atom is 0.246 e. The Bertz CT molecular complexity index is 1100. The average Bonchev–Trinajstić information content (AvgIpc) is 3.27. The number of aromatic nitrogens is 3. The quantitative estimate of drug-likeness (QED) is 0.523. The van der Waals surface area contributed by atoms with E-state index in [-0.39, 0.29) is 19.0 Å². The third-order valence-corrected chi connectivity index (χ3v) is 5.39. The van der Waals surface area contributed by atoms with Crippen molar-refractivity contribution in [3.8, 4) is 11.4 Å². The lowest BCUT2D eigenvalue weighted by Gasteiger charge is -2.08. The van der Waals surface area contributed by atoms with E-state index in [9.17, 15) is 4.79 Å². The van der Waals surface area contributed by atoms with Crippen LogP contribution in [0.3, 0.4) is 0 Å². The molecule has 0 saturated carbocycles. The number of carbonyl (C=O) groups is 1. The third kappa shape index (κ3) is 3.50. The van der Waals surface area contributed by atoms with E-state index < -0.39 is 0 Å². The van der Waals surface area contributed by atoms with E-state index in [0.29, 0.717) is 11.7 Å². The molecule has 7 heteroatoms. The van der Waals surface area contributed by atoms with Crippen LogP contribution in [0.5, 0.6) is 0 Å². The Morgan fingerprint density at radius 3 is 2.70 bits per heavy atom. The molecule has 0 spiro atoms. The fraction of sp³-hybridized carbons (Fsp3) is 0.150. The third-order valence-electron chi connectivity index (χ3n) is 4.39. The van der Waals surface area contributed by atoms with Gasteiger partial charge >= 0.3 is 0 Å². The van der Waals surface area contributed by atoms with E-state index in [1.807, 2.05) is 66.1 Å².